The molecule has 1 aliphatic heterocycles. The molecular weight excluding hydrogens is 330 g/mol. The van der Waals surface area contributed by atoms with E-state index < -0.39 is 10.7 Å². The van der Waals surface area contributed by atoms with Gasteiger partial charge in [0.15, 0.2) is 11.5 Å². The summed E-state index contributed by atoms with van der Waals surface area (Å²) in [4.78, 5) is 22.6. The first-order chi connectivity index (χ1) is 11.8. The number of benzene rings is 1. The SMILES string of the molecule is CCOc1ccc(/C(C)=N\NC(=O)CC2(C)OCCO2)cc1[N+](=O)[O-]. The van der Waals surface area contributed by atoms with Crippen LogP contribution in [0.4, 0.5) is 5.69 Å². The van der Waals surface area contributed by atoms with Gasteiger partial charge in [0, 0.05) is 11.6 Å². The van der Waals surface area contributed by atoms with Crippen LogP contribution in [0.1, 0.15) is 32.8 Å². The van der Waals surface area contributed by atoms with E-state index in [-0.39, 0.29) is 23.8 Å². The zero-order valence-corrected chi connectivity index (χ0v) is 14.4. The van der Waals surface area contributed by atoms with Gasteiger partial charge in [-0.3, -0.25) is 14.9 Å². The van der Waals surface area contributed by atoms with E-state index in [1.807, 2.05) is 0 Å². The molecule has 25 heavy (non-hydrogen) atoms. The molecule has 1 aromatic rings. The molecule has 2 rings (SSSR count). The van der Waals surface area contributed by atoms with Gasteiger partial charge in [0.25, 0.3) is 0 Å². The number of nitrogens with one attached hydrogen (secondary N) is 1. The first kappa shape index (κ1) is 18.8. The second-order valence-electron chi connectivity index (χ2n) is 5.61. The highest BCUT2D eigenvalue weighted by Gasteiger charge is 2.33. The van der Waals surface area contributed by atoms with E-state index in [1.54, 1.807) is 26.8 Å². The van der Waals surface area contributed by atoms with Crippen molar-refractivity contribution < 1.29 is 23.9 Å². The van der Waals surface area contributed by atoms with E-state index in [9.17, 15) is 14.9 Å². The number of rotatable bonds is 7. The molecule has 9 nitrogen and oxygen atoms in total. The van der Waals surface area contributed by atoms with Crippen LogP contribution >= 0.6 is 0 Å². The minimum atomic E-state index is -0.939. The molecular formula is C16H21N3O6. The number of carbonyl (C=O) groups excluding carboxylic acids is 1. The molecule has 0 unspecified atom stereocenters. The van der Waals surface area contributed by atoms with Gasteiger partial charge in [0.05, 0.1) is 36.9 Å². The highest BCUT2D eigenvalue weighted by atomic mass is 16.7. The minimum absolute atomic E-state index is 0.00715. The molecule has 1 heterocycles. The molecule has 1 saturated heterocycles. The summed E-state index contributed by atoms with van der Waals surface area (Å²) >= 11 is 0. The predicted octanol–water partition coefficient (Wildman–Crippen LogP) is 1.99. The van der Waals surface area contributed by atoms with Gasteiger partial charge in [0.2, 0.25) is 5.91 Å². The van der Waals surface area contributed by atoms with Crippen LogP contribution in [-0.4, -0.2) is 42.1 Å². The zero-order chi connectivity index (χ0) is 18.4. The van der Waals surface area contributed by atoms with E-state index in [0.717, 1.165) is 0 Å². The van der Waals surface area contributed by atoms with Crippen LogP contribution in [0, 0.1) is 10.1 Å². The predicted molar refractivity (Wildman–Crippen MR) is 89.5 cm³/mol. The fourth-order valence-corrected chi connectivity index (χ4v) is 2.36. The summed E-state index contributed by atoms with van der Waals surface area (Å²) in [6.45, 7) is 6.30. The number of amides is 1. The molecule has 1 aliphatic rings. The third-order valence-corrected chi connectivity index (χ3v) is 3.60. The molecule has 1 amide bonds. The van der Waals surface area contributed by atoms with Crippen LogP contribution in [0.25, 0.3) is 0 Å². The summed E-state index contributed by atoms with van der Waals surface area (Å²) in [7, 11) is 0. The van der Waals surface area contributed by atoms with E-state index in [1.165, 1.54) is 12.1 Å². The lowest BCUT2D eigenvalue weighted by Crippen LogP contribution is -2.33. The van der Waals surface area contributed by atoms with Gasteiger partial charge in [-0.1, -0.05) is 0 Å². The standard InChI is InChI=1S/C16H21N3O6/c1-4-23-14-6-5-12(9-13(14)19(21)22)11(2)17-18-15(20)10-16(3)24-7-8-25-16/h5-6,9H,4,7-8,10H2,1-3H3,(H,18,20)/b17-11-. The highest BCUT2D eigenvalue weighted by Crippen LogP contribution is 2.28. The lowest BCUT2D eigenvalue weighted by Gasteiger charge is -2.20. The van der Waals surface area contributed by atoms with Gasteiger partial charge >= 0.3 is 5.69 Å². The number of ether oxygens (including phenoxy) is 3. The van der Waals surface area contributed by atoms with Crippen molar-refractivity contribution in [1.29, 1.82) is 0 Å². The molecule has 136 valence electrons. The van der Waals surface area contributed by atoms with Crippen LogP contribution in [-0.2, 0) is 14.3 Å². The van der Waals surface area contributed by atoms with E-state index in [4.69, 9.17) is 14.2 Å². The average Bonchev–Trinajstić information content (AvgIpc) is 2.99. The third kappa shape index (κ3) is 4.97. The Morgan fingerprint density at radius 3 is 2.72 bits per heavy atom. The van der Waals surface area contributed by atoms with Crippen molar-refractivity contribution in [2.75, 3.05) is 19.8 Å². The van der Waals surface area contributed by atoms with Gasteiger partial charge in [-0.05, 0) is 32.9 Å². The van der Waals surface area contributed by atoms with Crippen molar-refractivity contribution >= 4 is 17.3 Å². The summed E-state index contributed by atoms with van der Waals surface area (Å²) in [6, 6.07) is 4.52. The van der Waals surface area contributed by atoms with Crippen molar-refractivity contribution in [3.8, 4) is 5.75 Å². The number of nitro groups is 1. The van der Waals surface area contributed by atoms with Gasteiger partial charge in [-0.2, -0.15) is 5.10 Å². The molecule has 0 saturated carbocycles. The molecule has 9 heteroatoms. The average molecular weight is 351 g/mol. The second kappa shape index (κ2) is 8.04. The number of hydrogen-bond acceptors (Lipinski definition) is 7. The molecule has 1 fully saturated rings. The Morgan fingerprint density at radius 1 is 1.44 bits per heavy atom. The van der Waals surface area contributed by atoms with E-state index >= 15 is 0 Å². The Bertz CT molecular complexity index is 682. The Balaban J connectivity index is 2.07. The summed E-state index contributed by atoms with van der Waals surface area (Å²) in [5.74, 6) is -1.12. The smallest absolute Gasteiger partial charge is 0.311 e. The van der Waals surface area contributed by atoms with Crippen molar-refractivity contribution in [2.45, 2.75) is 33.0 Å². The lowest BCUT2D eigenvalue weighted by atomic mass is 10.1. The van der Waals surface area contributed by atoms with E-state index in [0.29, 0.717) is 31.1 Å². The van der Waals surface area contributed by atoms with Crippen LogP contribution in [0.3, 0.4) is 0 Å². The first-order valence-electron chi connectivity index (χ1n) is 7.87. The van der Waals surface area contributed by atoms with Gasteiger partial charge in [-0.25, -0.2) is 5.43 Å². The largest absolute Gasteiger partial charge is 0.487 e. The maximum absolute atomic E-state index is 11.9. The Morgan fingerprint density at radius 2 is 2.12 bits per heavy atom. The number of nitrogens with zero attached hydrogens (tertiary/aromatic N) is 2. The van der Waals surface area contributed by atoms with Gasteiger partial charge in [-0.15, -0.1) is 0 Å². The maximum Gasteiger partial charge on any atom is 0.311 e. The number of hydrazone groups is 1. The summed E-state index contributed by atoms with van der Waals surface area (Å²) < 4.78 is 16.0. The number of carbonyl (C=O) groups is 1. The van der Waals surface area contributed by atoms with Crippen molar-refractivity contribution in [3.05, 3.63) is 33.9 Å². The molecule has 0 atom stereocenters. The Labute approximate surface area is 145 Å². The van der Waals surface area contributed by atoms with Crippen LogP contribution < -0.4 is 10.2 Å². The van der Waals surface area contributed by atoms with Crippen molar-refractivity contribution in [2.24, 2.45) is 5.10 Å². The molecule has 0 bridgehead atoms. The fourth-order valence-electron chi connectivity index (χ4n) is 2.36. The lowest BCUT2D eigenvalue weighted by molar-refractivity contribution is -0.385. The normalized spacial score (nSPS) is 16.5. The van der Waals surface area contributed by atoms with Crippen LogP contribution in [0.2, 0.25) is 0 Å². The molecule has 0 aromatic heterocycles. The van der Waals surface area contributed by atoms with Gasteiger partial charge in [0.1, 0.15) is 0 Å². The topological polar surface area (TPSA) is 112 Å². The quantitative estimate of drug-likeness (QED) is 0.457. The summed E-state index contributed by atoms with van der Waals surface area (Å²) in [6.07, 6.45) is 0.00715. The second-order valence-corrected chi connectivity index (χ2v) is 5.61. The van der Waals surface area contributed by atoms with Crippen LogP contribution in [0.15, 0.2) is 23.3 Å². The van der Waals surface area contributed by atoms with E-state index in [2.05, 4.69) is 10.5 Å². The molecule has 0 aliphatic carbocycles. The summed E-state index contributed by atoms with van der Waals surface area (Å²) in [5.41, 5.74) is 3.19. The minimum Gasteiger partial charge on any atom is -0.487 e. The van der Waals surface area contributed by atoms with Crippen molar-refractivity contribution in [1.82, 2.24) is 5.43 Å². The Hall–Kier alpha value is -2.52. The monoisotopic (exact) mass is 351 g/mol. The number of hydrogen-bond donors (Lipinski definition) is 1. The van der Waals surface area contributed by atoms with Crippen molar-refractivity contribution in [3.63, 3.8) is 0 Å². The van der Waals surface area contributed by atoms with Gasteiger partial charge < -0.3 is 14.2 Å². The molecule has 0 radical (unpaired) electrons. The maximum atomic E-state index is 11.9. The van der Waals surface area contributed by atoms with Crippen LogP contribution in [0.5, 0.6) is 5.75 Å². The first-order valence-corrected chi connectivity index (χ1v) is 7.87. The molecule has 0 spiro atoms. The fraction of sp³-hybridized carbons (Fsp3) is 0.500. The zero-order valence-electron chi connectivity index (χ0n) is 14.4. The molecule has 1 aromatic carbocycles. The number of nitro benzene ring substituents is 1. The Kier molecular flexibility index (Phi) is 6.05. The summed E-state index contributed by atoms with van der Waals surface area (Å²) in [5, 5.41) is 15.1. The third-order valence-electron chi connectivity index (χ3n) is 3.60. The molecule has 1 N–H and O–H groups in total. The highest BCUT2D eigenvalue weighted by molar-refractivity contribution is 6.00.